The molecule has 4 aromatic rings. The SMILES string of the molecule is Cc1nn(Cc2ccccc2)c2cnn(Cc3ccccc3)c(=O)c12. The van der Waals surface area contributed by atoms with Gasteiger partial charge in [-0.3, -0.25) is 9.48 Å². The van der Waals surface area contributed by atoms with E-state index < -0.39 is 0 Å². The van der Waals surface area contributed by atoms with Crippen molar-refractivity contribution in [2.24, 2.45) is 0 Å². The number of hydrogen-bond acceptors (Lipinski definition) is 3. The zero-order valence-electron chi connectivity index (χ0n) is 14.0. The minimum absolute atomic E-state index is 0.0989. The summed E-state index contributed by atoms with van der Waals surface area (Å²) < 4.78 is 3.35. The van der Waals surface area contributed by atoms with Gasteiger partial charge in [-0.05, 0) is 18.1 Å². The number of rotatable bonds is 4. The van der Waals surface area contributed by atoms with Crippen LogP contribution in [-0.4, -0.2) is 19.6 Å². The fourth-order valence-corrected chi connectivity index (χ4v) is 3.05. The zero-order chi connectivity index (χ0) is 17.2. The molecule has 0 bridgehead atoms. The average Bonchev–Trinajstić information content (AvgIpc) is 2.95. The largest absolute Gasteiger partial charge is 0.278 e. The Labute approximate surface area is 145 Å². The first kappa shape index (κ1) is 15.3. The van der Waals surface area contributed by atoms with Gasteiger partial charge in [-0.15, -0.1) is 0 Å². The van der Waals surface area contributed by atoms with Crippen LogP contribution in [0.25, 0.3) is 10.9 Å². The lowest BCUT2D eigenvalue weighted by Crippen LogP contribution is -2.23. The molecule has 0 saturated heterocycles. The molecule has 25 heavy (non-hydrogen) atoms. The number of benzene rings is 2. The van der Waals surface area contributed by atoms with Gasteiger partial charge in [0.2, 0.25) is 0 Å². The first-order valence-corrected chi connectivity index (χ1v) is 8.23. The van der Waals surface area contributed by atoms with Crippen LogP contribution >= 0.6 is 0 Å². The fraction of sp³-hybridized carbons (Fsp3) is 0.150. The van der Waals surface area contributed by atoms with E-state index in [1.54, 1.807) is 6.20 Å². The molecule has 2 heterocycles. The van der Waals surface area contributed by atoms with E-state index in [4.69, 9.17) is 0 Å². The van der Waals surface area contributed by atoms with Gasteiger partial charge < -0.3 is 0 Å². The van der Waals surface area contributed by atoms with Gasteiger partial charge in [0.1, 0.15) is 0 Å². The van der Waals surface area contributed by atoms with E-state index in [2.05, 4.69) is 10.2 Å². The highest BCUT2D eigenvalue weighted by Crippen LogP contribution is 2.15. The molecule has 0 saturated carbocycles. The van der Waals surface area contributed by atoms with Gasteiger partial charge in [-0.25, -0.2) is 4.68 Å². The van der Waals surface area contributed by atoms with Gasteiger partial charge in [0.05, 0.1) is 35.9 Å². The summed E-state index contributed by atoms with van der Waals surface area (Å²) in [4.78, 5) is 12.9. The summed E-state index contributed by atoms with van der Waals surface area (Å²) in [6.07, 6.45) is 1.74. The van der Waals surface area contributed by atoms with E-state index in [9.17, 15) is 4.79 Å². The van der Waals surface area contributed by atoms with Gasteiger partial charge in [0.15, 0.2) is 0 Å². The van der Waals surface area contributed by atoms with Gasteiger partial charge in [-0.1, -0.05) is 60.7 Å². The van der Waals surface area contributed by atoms with Crippen LogP contribution < -0.4 is 5.56 Å². The molecule has 0 aliphatic heterocycles. The standard InChI is InChI=1S/C20H18N4O/c1-15-19-18(23(22-15)13-16-8-4-2-5-9-16)12-21-24(20(19)25)14-17-10-6-3-7-11-17/h2-12H,13-14H2,1H3. The van der Waals surface area contributed by atoms with Crippen molar-refractivity contribution < 1.29 is 0 Å². The fourth-order valence-electron chi connectivity index (χ4n) is 3.05. The minimum Gasteiger partial charge on any atom is -0.267 e. The number of fused-ring (bicyclic) bond motifs is 1. The number of aryl methyl sites for hydroxylation is 1. The molecular weight excluding hydrogens is 312 g/mol. The Morgan fingerprint density at radius 1 is 0.840 bits per heavy atom. The Kier molecular flexibility index (Phi) is 3.90. The predicted molar refractivity (Wildman–Crippen MR) is 97.6 cm³/mol. The smallest absolute Gasteiger partial charge is 0.267 e. The number of aromatic nitrogens is 4. The van der Waals surface area contributed by atoms with E-state index in [-0.39, 0.29) is 5.56 Å². The van der Waals surface area contributed by atoms with E-state index >= 15 is 0 Å². The van der Waals surface area contributed by atoms with Crippen molar-refractivity contribution in [1.82, 2.24) is 19.6 Å². The van der Waals surface area contributed by atoms with Crippen molar-refractivity contribution >= 4 is 10.9 Å². The van der Waals surface area contributed by atoms with Crippen LogP contribution in [0.1, 0.15) is 16.8 Å². The summed E-state index contributed by atoms with van der Waals surface area (Å²) in [6.45, 7) is 2.95. The van der Waals surface area contributed by atoms with Gasteiger partial charge >= 0.3 is 0 Å². The highest BCUT2D eigenvalue weighted by atomic mass is 16.1. The summed E-state index contributed by atoms with van der Waals surface area (Å²) in [5.74, 6) is 0. The van der Waals surface area contributed by atoms with Crippen molar-refractivity contribution in [2.75, 3.05) is 0 Å². The van der Waals surface area contributed by atoms with Crippen molar-refractivity contribution in [3.8, 4) is 0 Å². The summed E-state index contributed by atoms with van der Waals surface area (Å²) in [6, 6.07) is 19.9. The molecule has 0 unspecified atom stereocenters. The van der Waals surface area contributed by atoms with E-state index in [0.717, 1.165) is 22.3 Å². The molecule has 0 atom stereocenters. The molecule has 124 valence electrons. The Balaban J connectivity index is 1.75. The number of hydrogen-bond donors (Lipinski definition) is 0. The van der Waals surface area contributed by atoms with Gasteiger partial charge in [0, 0.05) is 0 Å². The molecule has 4 rings (SSSR count). The maximum Gasteiger partial charge on any atom is 0.278 e. The third-order valence-corrected chi connectivity index (χ3v) is 4.28. The second kappa shape index (κ2) is 6.36. The van der Waals surface area contributed by atoms with Crippen LogP contribution in [0.3, 0.4) is 0 Å². The summed E-state index contributed by atoms with van der Waals surface area (Å²) >= 11 is 0. The van der Waals surface area contributed by atoms with Gasteiger partial charge in [-0.2, -0.15) is 10.2 Å². The quantitative estimate of drug-likeness (QED) is 0.578. The Morgan fingerprint density at radius 3 is 2.00 bits per heavy atom. The lowest BCUT2D eigenvalue weighted by molar-refractivity contribution is 0.643. The molecule has 2 aromatic carbocycles. The van der Waals surface area contributed by atoms with Crippen LogP contribution in [0.4, 0.5) is 0 Å². The third kappa shape index (κ3) is 2.96. The molecule has 0 N–H and O–H groups in total. The van der Waals surface area contributed by atoms with E-state index in [1.165, 1.54) is 4.68 Å². The molecule has 0 radical (unpaired) electrons. The third-order valence-electron chi connectivity index (χ3n) is 4.28. The molecule has 0 spiro atoms. The molecule has 5 heteroatoms. The van der Waals surface area contributed by atoms with Crippen LogP contribution in [-0.2, 0) is 13.1 Å². The normalized spacial score (nSPS) is 11.1. The van der Waals surface area contributed by atoms with Crippen LogP contribution in [0.2, 0.25) is 0 Å². The van der Waals surface area contributed by atoms with Crippen LogP contribution in [0, 0.1) is 6.92 Å². The molecule has 0 fully saturated rings. The second-order valence-corrected chi connectivity index (χ2v) is 6.08. The highest BCUT2D eigenvalue weighted by molar-refractivity contribution is 5.79. The molecule has 0 aliphatic rings. The lowest BCUT2D eigenvalue weighted by atomic mass is 10.2. The Hall–Kier alpha value is -3.21. The summed E-state index contributed by atoms with van der Waals surface area (Å²) in [5.41, 5.74) is 3.60. The van der Waals surface area contributed by atoms with Crippen molar-refractivity contribution in [1.29, 1.82) is 0 Å². The van der Waals surface area contributed by atoms with E-state index in [0.29, 0.717) is 18.5 Å². The van der Waals surface area contributed by atoms with Gasteiger partial charge in [0.25, 0.3) is 5.56 Å². The lowest BCUT2D eigenvalue weighted by Gasteiger charge is -2.06. The molecular formula is C20H18N4O. The molecule has 0 aliphatic carbocycles. The summed E-state index contributed by atoms with van der Waals surface area (Å²) in [5, 5.41) is 9.56. The first-order valence-electron chi connectivity index (χ1n) is 8.23. The molecule has 0 amide bonds. The highest BCUT2D eigenvalue weighted by Gasteiger charge is 2.14. The Bertz CT molecular complexity index is 1070. The Morgan fingerprint density at radius 2 is 1.40 bits per heavy atom. The van der Waals surface area contributed by atoms with Crippen LogP contribution in [0.15, 0.2) is 71.7 Å². The van der Waals surface area contributed by atoms with Crippen LogP contribution in [0.5, 0.6) is 0 Å². The van der Waals surface area contributed by atoms with E-state index in [1.807, 2.05) is 72.3 Å². The van der Waals surface area contributed by atoms with Crippen molar-refractivity contribution in [3.63, 3.8) is 0 Å². The monoisotopic (exact) mass is 330 g/mol. The minimum atomic E-state index is -0.0989. The number of nitrogens with zero attached hydrogens (tertiary/aromatic N) is 4. The topological polar surface area (TPSA) is 52.7 Å². The zero-order valence-corrected chi connectivity index (χ0v) is 14.0. The molecule has 2 aromatic heterocycles. The first-order chi connectivity index (χ1) is 12.2. The second-order valence-electron chi connectivity index (χ2n) is 6.08. The maximum atomic E-state index is 12.9. The average molecular weight is 330 g/mol. The maximum absolute atomic E-state index is 12.9. The van der Waals surface area contributed by atoms with Crippen molar-refractivity contribution in [3.05, 3.63) is 94.0 Å². The predicted octanol–water partition coefficient (Wildman–Crippen LogP) is 3.00. The van der Waals surface area contributed by atoms with Crippen molar-refractivity contribution in [2.45, 2.75) is 20.0 Å². The molecule has 5 nitrogen and oxygen atoms in total. The summed E-state index contributed by atoms with van der Waals surface area (Å²) in [7, 11) is 0.